The second-order valence-corrected chi connectivity index (χ2v) is 10.6. The second-order valence-electron chi connectivity index (χ2n) is 8.96. The van der Waals surface area contributed by atoms with Crippen LogP contribution in [0.5, 0.6) is 0 Å². The Morgan fingerprint density at radius 3 is 2.00 bits per heavy atom. The molecule has 3 saturated heterocycles. The Hall–Kier alpha value is -0.485. The highest BCUT2D eigenvalue weighted by Crippen LogP contribution is 2.49. The zero-order valence-corrected chi connectivity index (χ0v) is 16.6. The number of aliphatic hydroxyl groups is 1. The molecule has 0 aromatic heterocycles. The van der Waals surface area contributed by atoms with E-state index in [0.717, 1.165) is 23.9 Å². The molecule has 2 atom stereocenters. The summed E-state index contributed by atoms with van der Waals surface area (Å²) >= 11 is 2.09. The van der Waals surface area contributed by atoms with Gasteiger partial charge in [-0.15, -0.1) is 0 Å². The summed E-state index contributed by atoms with van der Waals surface area (Å²) in [5.41, 5.74) is 0.746. The Balaban J connectivity index is 1.53. The van der Waals surface area contributed by atoms with Gasteiger partial charge in [0.05, 0.1) is 16.8 Å². The number of fused-ring (bicyclic) bond motifs is 2. The molecule has 5 heteroatoms. The van der Waals surface area contributed by atoms with Gasteiger partial charge in [0, 0.05) is 10.5 Å². The lowest BCUT2D eigenvalue weighted by Gasteiger charge is -2.44. The third-order valence-corrected chi connectivity index (χ3v) is 8.12. The van der Waals surface area contributed by atoms with Crippen LogP contribution in [0.25, 0.3) is 0 Å². The Kier molecular flexibility index (Phi) is 4.31. The lowest BCUT2D eigenvalue weighted by atomic mass is 9.76. The van der Waals surface area contributed by atoms with Gasteiger partial charge in [-0.3, -0.25) is 0 Å². The van der Waals surface area contributed by atoms with E-state index in [4.69, 9.17) is 9.31 Å². The van der Waals surface area contributed by atoms with Crippen molar-refractivity contribution in [3.05, 3.63) is 29.8 Å². The molecule has 136 valence electrons. The molecule has 4 rings (SSSR count). The third kappa shape index (κ3) is 3.18. The molecule has 0 radical (unpaired) electrons. The summed E-state index contributed by atoms with van der Waals surface area (Å²) < 4.78 is 12.3. The fourth-order valence-corrected chi connectivity index (χ4v) is 6.18. The Bertz CT molecular complexity index is 615. The van der Waals surface area contributed by atoms with E-state index in [2.05, 4.69) is 63.7 Å². The SMILES string of the molecule is CC1(C)OB(c2ccc(C3(O)CC4CCCC(C3)S4)cc2)OC1(C)C. The van der Waals surface area contributed by atoms with Crippen molar-refractivity contribution < 1.29 is 14.4 Å². The number of hydrogen-bond acceptors (Lipinski definition) is 4. The van der Waals surface area contributed by atoms with E-state index in [1.54, 1.807) is 0 Å². The topological polar surface area (TPSA) is 38.7 Å². The zero-order valence-electron chi connectivity index (χ0n) is 15.7. The van der Waals surface area contributed by atoms with Crippen molar-refractivity contribution in [1.82, 2.24) is 0 Å². The van der Waals surface area contributed by atoms with Crippen LogP contribution in [0.4, 0.5) is 0 Å². The monoisotopic (exact) mass is 360 g/mol. The maximum absolute atomic E-state index is 11.3. The maximum Gasteiger partial charge on any atom is 0.494 e. The number of hydrogen-bond donors (Lipinski definition) is 1. The molecule has 3 nitrogen and oxygen atoms in total. The first-order valence-electron chi connectivity index (χ1n) is 9.52. The fraction of sp³-hybridized carbons (Fsp3) is 0.700. The van der Waals surface area contributed by atoms with Crippen LogP contribution in [0.1, 0.15) is 65.4 Å². The average molecular weight is 360 g/mol. The first-order valence-corrected chi connectivity index (χ1v) is 10.5. The second kappa shape index (κ2) is 6.02. The lowest BCUT2D eigenvalue weighted by molar-refractivity contribution is 0.00578. The highest BCUT2D eigenvalue weighted by atomic mass is 32.2. The van der Waals surface area contributed by atoms with E-state index in [0.29, 0.717) is 10.5 Å². The van der Waals surface area contributed by atoms with E-state index in [1.165, 1.54) is 19.3 Å². The third-order valence-electron chi connectivity index (χ3n) is 6.54. The maximum atomic E-state index is 11.3. The molecule has 1 aromatic rings. The molecular weight excluding hydrogens is 331 g/mol. The van der Waals surface area contributed by atoms with Crippen molar-refractivity contribution >= 4 is 24.3 Å². The van der Waals surface area contributed by atoms with Gasteiger partial charge >= 0.3 is 7.12 Å². The number of thioether (sulfide) groups is 1. The van der Waals surface area contributed by atoms with Crippen molar-refractivity contribution in [1.29, 1.82) is 0 Å². The molecule has 3 aliphatic heterocycles. The minimum atomic E-state index is -0.671. The van der Waals surface area contributed by atoms with E-state index in [-0.39, 0.29) is 18.3 Å². The molecule has 0 aliphatic carbocycles. The van der Waals surface area contributed by atoms with Crippen LogP contribution in [0, 0.1) is 0 Å². The Morgan fingerprint density at radius 1 is 0.960 bits per heavy atom. The quantitative estimate of drug-likeness (QED) is 0.818. The Labute approximate surface area is 156 Å². The predicted molar refractivity (Wildman–Crippen MR) is 104 cm³/mol. The van der Waals surface area contributed by atoms with Gasteiger partial charge in [0.2, 0.25) is 0 Å². The largest absolute Gasteiger partial charge is 0.494 e. The molecular formula is C20H29BO3S. The van der Waals surface area contributed by atoms with E-state index in [1.807, 2.05) is 0 Å². The van der Waals surface area contributed by atoms with Crippen LogP contribution in [0.2, 0.25) is 0 Å². The van der Waals surface area contributed by atoms with E-state index in [9.17, 15) is 5.11 Å². The van der Waals surface area contributed by atoms with Crippen LogP contribution in [0.3, 0.4) is 0 Å². The van der Waals surface area contributed by atoms with Gasteiger partial charge in [-0.1, -0.05) is 30.7 Å². The van der Waals surface area contributed by atoms with Crippen LogP contribution in [0.15, 0.2) is 24.3 Å². The van der Waals surface area contributed by atoms with Crippen LogP contribution >= 0.6 is 11.8 Å². The summed E-state index contributed by atoms with van der Waals surface area (Å²) in [6, 6.07) is 8.28. The van der Waals surface area contributed by atoms with E-state index < -0.39 is 5.60 Å². The van der Waals surface area contributed by atoms with Gasteiger partial charge in [-0.25, -0.2) is 0 Å². The van der Waals surface area contributed by atoms with Crippen molar-refractivity contribution in [2.45, 2.75) is 87.1 Å². The minimum absolute atomic E-state index is 0.327. The molecule has 1 N–H and O–H groups in total. The zero-order chi connectivity index (χ0) is 17.9. The predicted octanol–water partition coefficient (Wildman–Crippen LogP) is 3.62. The van der Waals surface area contributed by atoms with Crippen LogP contribution < -0.4 is 5.46 Å². The molecule has 3 heterocycles. The standard InChI is InChI=1S/C20H29BO3S/c1-18(2)19(3,4)24-21(23-18)15-10-8-14(9-11-15)20(22)12-16-6-5-7-17(13-20)25-16/h8-11,16-17,22H,5-7,12-13H2,1-4H3. The first kappa shape index (κ1) is 17.9. The van der Waals surface area contributed by atoms with E-state index >= 15 is 0 Å². The summed E-state index contributed by atoms with van der Waals surface area (Å²) in [6.45, 7) is 8.29. The first-order chi connectivity index (χ1) is 11.7. The van der Waals surface area contributed by atoms with Gasteiger partial charge in [0.25, 0.3) is 0 Å². The van der Waals surface area contributed by atoms with Crippen molar-refractivity contribution in [3.8, 4) is 0 Å². The average Bonchev–Trinajstić information content (AvgIpc) is 2.75. The van der Waals surface area contributed by atoms with Crippen LogP contribution in [-0.4, -0.2) is 33.9 Å². The van der Waals surface area contributed by atoms with Crippen molar-refractivity contribution in [3.63, 3.8) is 0 Å². The molecule has 1 aromatic carbocycles. The smallest absolute Gasteiger partial charge is 0.399 e. The molecule has 0 spiro atoms. The summed E-state index contributed by atoms with van der Waals surface area (Å²) in [4.78, 5) is 0. The van der Waals surface area contributed by atoms with Crippen LogP contribution in [-0.2, 0) is 14.9 Å². The van der Waals surface area contributed by atoms with Gasteiger partial charge in [0.1, 0.15) is 0 Å². The number of rotatable bonds is 2. The summed E-state index contributed by atoms with van der Waals surface area (Å²) in [7, 11) is -0.338. The van der Waals surface area contributed by atoms with Crippen molar-refractivity contribution in [2.24, 2.45) is 0 Å². The summed E-state index contributed by atoms with van der Waals surface area (Å²) in [5, 5.41) is 12.5. The normalized spacial score (nSPS) is 36.4. The molecule has 2 bridgehead atoms. The van der Waals surface area contributed by atoms with Gasteiger partial charge in [-0.2, -0.15) is 11.8 Å². The highest BCUT2D eigenvalue weighted by Gasteiger charge is 2.51. The minimum Gasteiger partial charge on any atom is -0.399 e. The summed E-state index contributed by atoms with van der Waals surface area (Å²) in [5.74, 6) is 0. The molecule has 3 fully saturated rings. The molecule has 0 amide bonds. The Morgan fingerprint density at radius 2 is 1.48 bits per heavy atom. The van der Waals surface area contributed by atoms with Gasteiger partial charge in [0.15, 0.2) is 0 Å². The van der Waals surface area contributed by atoms with Gasteiger partial charge < -0.3 is 14.4 Å². The van der Waals surface area contributed by atoms with Gasteiger partial charge in [-0.05, 0) is 64.4 Å². The molecule has 0 saturated carbocycles. The number of benzene rings is 1. The summed E-state index contributed by atoms with van der Waals surface area (Å²) in [6.07, 6.45) is 5.57. The molecule has 2 unspecified atom stereocenters. The van der Waals surface area contributed by atoms with Crippen molar-refractivity contribution in [2.75, 3.05) is 0 Å². The molecule has 3 aliphatic rings. The fourth-order valence-electron chi connectivity index (χ4n) is 4.28. The molecule has 25 heavy (non-hydrogen) atoms. The highest BCUT2D eigenvalue weighted by molar-refractivity contribution is 8.00. The lowest BCUT2D eigenvalue weighted by Crippen LogP contribution is -2.41.